The van der Waals surface area contributed by atoms with Crippen molar-refractivity contribution in [3.8, 4) is 0 Å². The summed E-state index contributed by atoms with van der Waals surface area (Å²) >= 11 is 0. The second kappa shape index (κ2) is 9.67. The smallest absolute Gasteiger partial charge is 0.274 e. The molecular weight excluding hydrogens is 450 g/mol. The minimum absolute atomic E-state index is 0.0428. The molecule has 3 aromatic rings. The van der Waals surface area contributed by atoms with Crippen molar-refractivity contribution in [3.63, 3.8) is 0 Å². The maximum atomic E-state index is 13.1. The summed E-state index contributed by atoms with van der Waals surface area (Å²) in [5, 5.41) is 23.8. The van der Waals surface area contributed by atoms with Gasteiger partial charge in [-0.15, -0.1) is 0 Å². The molecule has 4 N–H and O–H groups in total. The Morgan fingerprint density at radius 2 is 2.11 bits per heavy atom. The first-order chi connectivity index (χ1) is 17.0. The number of hydrogen-bond acceptors (Lipinski definition) is 8. The number of nitrogens with zero attached hydrogens (tertiary/aromatic N) is 4. The highest BCUT2D eigenvalue weighted by Crippen LogP contribution is 2.29. The monoisotopic (exact) mass is 481 g/mol. The molecule has 11 heteroatoms. The van der Waals surface area contributed by atoms with Crippen molar-refractivity contribution >= 4 is 28.9 Å². The maximum Gasteiger partial charge on any atom is 0.274 e. The van der Waals surface area contributed by atoms with E-state index in [2.05, 4.69) is 26.0 Å². The molecule has 2 aliphatic carbocycles. The number of anilines is 3. The molecule has 3 heterocycles. The molecule has 2 saturated carbocycles. The van der Waals surface area contributed by atoms with E-state index in [1.54, 1.807) is 47.6 Å². The largest absolute Gasteiger partial charge is 0.391 e. The van der Waals surface area contributed by atoms with Gasteiger partial charge in [0.25, 0.3) is 11.5 Å². The number of ether oxygens (including phenoxy) is 1. The zero-order chi connectivity index (χ0) is 24.5. The molecule has 0 radical (unpaired) electrons. The summed E-state index contributed by atoms with van der Waals surface area (Å²) in [6.07, 6.45) is 7.74. The van der Waals surface area contributed by atoms with Gasteiger partial charge in [-0.2, -0.15) is 9.61 Å². The van der Waals surface area contributed by atoms with E-state index in [1.807, 2.05) is 0 Å². The number of rotatable bonds is 7. The second-order valence-corrected chi connectivity index (χ2v) is 9.24. The number of nitrogens with one attached hydrogen (secondary N) is 3. The van der Waals surface area contributed by atoms with Gasteiger partial charge in [-0.3, -0.25) is 9.59 Å². The van der Waals surface area contributed by atoms with E-state index in [-0.39, 0.29) is 29.7 Å². The number of carbonyl (C=O) groups excluding carboxylic acids is 1. The van der Waals surface area contributed by atoms with E-state index < -0.39 is 6.10 Å². The van der Waals surface area contributed by atoms with Crippen LogP contribution in [0.4, 0.5) is 17.3 Å². The average molecular weight is 482 g/mol. The van der Waals surface area contributed by atoms with Crippen LogP contribution < -0.4 is 21.5 Å². The van der Waals surface area contributed by atoms with Crippen molar-refractivity contribution in [2.45, 2.75) is 62.8 Å². The second-order valence-electron chi connectivity index (χ2n) is 9.24. The van der Waals surface area contributed by atoms with Crippen molar-refractivity contribution in [1.82, 2.24) is 24.5 Å². The Balaban J connectivity index is 1.44. The molecule has 0 aromatic carbocycles. The number of amides is 1. The van der Waals surface area contributed by atoms with Gasteiger partial charge in [0.2, 0.25) is 0 Å². The minimum atomic E-state index is -0.528. The summed E-state index contributed by atoms with van der Waals surface area (Å²) in [7, 11) is 3.44. The lowest BCUT2D eigenvalue weighted by molar-refractivity contribution is 0.0916. The standard InChI is InChI=1S/C24H31N7O4/c1-25-21-12-20(28-17-5-4-10-30(24(17)34)18-6-3-7-19(18)32)29-22-16(13-26-31(21)22)23(33)27-14-8-9-15(11-14)35-2/h4-5,10,12-15,18-19,25,32H,3,6-9,11H2,1-2H3,(H,27,33)(H,28,29)/t14-,15-,18-,19+/m1/s1. The van der Waals surface area contributed by atoms with Crippen LogP contribution in [0, 0.1) is 0 Å². The Labute approximate surface area is 202 Å². The Hall–Kier alpha value is -3.44. The first-order valence-electron chi connectivity index (χ1n) is 12.0. The van der Waals surface area contributed by atoms with Crippen LogP contribution in [0.2, 0.25) is 0 Å². The lowest BCUT2D eigenvalue weighted by Crippen LogP contribution is -2.33. The lowest BCUT2D eigenvalue weighted by atomic mass is 10.2. The average Bonchev–Trinajstić information content (AvgIpc) is 3.59. The highest BCUT2D eigenvalue weighted by molar-refractivity contribution is 6.00. The predicted molar refractivity (Wildman–Crippen MR) is 131 cm³/mol. The molecule has 186 valence electrons. The van der Waals surface area contributed by atoms with E-state index in [0.29, 0.717) is 35.0 Å². The summed E-state index contributed by atoms with van der Waals surface area (Å²) in [5.41, 5.74) is 0.838. The molecule has 4 atom stereocenters. The van der Waals surface area contributed by atoms with Gasteiger partial charge in [-0.05, 0) is 50.7 Å². The highest BCUT2D eigenvalue weighted by Gasteiger charge is 2.29. The van der Waals surface area contributed by atoms with E-state index in [9.17, 15) is 14.7 Å². The predicted octanol–water partition coefficient (Wildman–Crippen LogP) is 2.06. The van der Waals surface area contributed by atoms with E-state index in [0.717, 1.165) is 32.1 Å². The zero-order valence-electron chi connectivity index (χ0n) is 19.9. The van der Waals surface area contributed by atoms with Crippen molar-refractivity contribution < 1.29 is 14.6 Å². The van der Waals surface area contributed by atoms with Crippen LogP contribution in [0.5, 0.6) is 0 Å². The van der Waals surface area contributed by atoms with Crippen LogP contribution in [0.15, 0.2) is 35.4 Å². The Kier molecular flexibility index (Phi) is 6.44. The number of aliphatic hydroxyl groups excluding tert-OH is 1. The molecule has 0 unspecified atom stereocenters. The van der Waals surface area contributed by atoms with Crippen molar-refractivity contribution in [3.05, 3.63) is 46.5 Å². The molecule has 2 aliphatic rings. The molecule has 5 rings (SSSR count). The molecule has 0 saturated heterocycles. The molecule has 2 fully saturated rings. The van der Waals surface area contributed by atoms with Gasteiger partial charge in [0.1, 0.15) is 22.9 Å². The van der Waals surface area contributed by atoms with Gasteiger partial charge in [0.05, 0.1) is 24.4 Å². The quantitative estimate of drug-likeness (QED) is 0.403. The van der Waals surface area contributed by atoms with Crippen LogP contribution >= 0.6 is 0 Å². The highest BCUT2D eigenvalue weighted by atomic mass is 16.5. The first-order valence-corrected chi connectivity index (χ1v) is 12.0. The van der Waals surface area contributed by atoms with Crippen LogP contribution in [-0.4, -0.2) is 62.6 Å². The van der Waals surface area contributed by atoms with E-state index in [4.69, 9.17) is 4.74 Å². The SMILES string of the molecule is CNc1cc(Nc2cccn([C@@H]3CCC[C@@H]3O)c2=O)nc2c(C(=O)N[C@@H]3CC[C@@H](OC)C3)cnn12. The Morgan fingerprint density at radius 1 is 1.26 bits per heavy atom. The van der Waals surface area contributed by atoms with Crippen LogP contribution in [0.3, 0.4) is 0 Å². The van der Waals surface area contributed by atoms with Crippen LogP contribution in [0.25, 0.3) is 5.65 Å². The lowest BCUT2D eigenvalue weighted by Gasteiger charge is -2.19. The normalized spacial score (nSPS) is 24.1. The number of carbonyl (C=O) groups is 1. The van der Waals surface area contributed by atoms with Crippen molar-refractivity contribution in [2.75, 3.05) is 24.8 Å². The Morgan fingerprint density at radius 3 is 2.83 bits per heavy atom. The fourth-order valence-corrected chi connectivity index (χ4v) is 5.16. The summed E-state index contributed by atoms with van der Waals surface area (Å²) in [4.78, 5) is 30.8. The van der Waals surface area contributed by atoms with Gasteiger partial charge in [-0.1, -0.05) is 0 Å². The number of methoxy groups -OCH3 is 1. The molecular formula is C24H31N7O4. The summed E-state index contributed by atoms with van der Waals surface area (Å²) in [5.74, 6) is 0.767. The summed E-state index contributed by atoms with van der Waals surface area (Å²) in [6, 6.07) is 5.00. The summed E-state index contributed by atoms with van der Waals surface area (Å²) in [6.45, 7) is 0. The van der Waals surface area contributed by atoms with Gasteiger partial charge >= 0.3 is 0 Å². The number of fused-ring (bicyclic) bond motifs is 1. The molecule has 0 aliphatic heterocycles. The fraction of sp³-hybridized carbons (Fsp3) is 0.500. The van der Waals surface area contributed by atoms with Gasteiger partial charge in [0.15, 0.2) is 5.65 Å². The van der Waals surface area contributed by atoms with Crippen LogP contribution in [0.1, 0.15) is 54.9 Å². The van der Waals surface area contributed by atoms with Gasteiger partial charge < -0.3 is 30.4 Å². The Bertz CT molecular complexity index is 1290. The topological polar surface area (TPSA) is 135 Å². The third-order valence-corrected chi connectivity index (χ3v) is 7.06. The maximum absolute atomic E-state index is 13.1. The first kappa shape index (κ1) is 23.3. The van der Waals surface area contributed by atoms with E-state index in [1.165, 1.54) is 6.20 Å². The number of pyridine rings is 1. The van der Waals surface area contributed by atoms with Crippen LogP contribution in [-0.2, 0) is 4.74 Å². The van der Waals surface area contributed by atoms with Gasteiger partial charge in [0, 0.05) is 32.5 Å². The third-order valence-electron chi connectivity index (χ3n) is 7.06. The molecule has 3 aromatic heterocycles. The minimum Gasteiger partial charge on any atom is -0.391 e. The molecule has 0 bridgehead atoms. The third kappa shape index (κ3) is 4.48. The zero-order valence-corrected chi connectivity index (χ0v) is 19.9. The van der Waals surface area contributed by atoms with E-state index >= 15 is 0 Å². The number of hydrogen-bond donors (Lipinski definition) is 4. The number of aliphatic hydroxyl groups is 1. The van der Waals surface area contributed by atoms with Crippen molar-refractivity contribution in [1.29, 1.82) is 0 Å². The molecule has 1 amide bonds. The number of aromatic nitrogens is 4. The molecule has 0 spiro atoms. The van der Waals surface area contributed by atoms with Gasteiger partial charge in [-0.25, -0.2) is 4.98 Å². The fourth-order valence-electron chi connectivity index (χ4n) is 5.16. The molecule has 35 heavy (non-hydrogen) atoms. The summed E-state index contributed by atoms with van der Waals surface area (Å²) < 4.78 is 8.55. The van der Waals surface area contributed by atoms with Crippen molar-refractivity contribution in [2.24, 2.45) is 0 Å². The molecule has 11 nitrogen and oxygen atoms in total.